The zero-order valence-corrected chi connectivity index (χ0v) is 15.0. The summed E-state index contributed by atoms with van der Waals surface area (Å²) < 4.78 is 0. The Kier molecular flexibility index (Phi) is 12.3. The van der Waals surface area contributed by atoms with Crippen LogP contribution in [0.15, 0.2) is 0 Å². The normalized spacial score (nSPS) is 18.6. The summed E-state index contributed by atoms with van der Waals surface area (Å²) in [4.78, 5) is 0. The fourth-order valence-electron chi connectivity index (χ4n) is 3.82. The van der Waals surface area contributed by atoms with E-state index in [1.165, 1.54) is 103 Å². The van der Waals surface area contributed by atoms with E-state index in [1.54, 1.807) is 0 Å². The van der Waals surface area contributed by atoms with Crippen molar-refractivity contribution >= 4 is 0 Å². The van der Waals surface area contributed by atoms with Gasteiger partial charge >= 0.3 is 0 Å². The highest BCUT2D eigenvalue weighted by molar-refractivity contribution is 4.74. The third-order valence-electron chi connectivity index (χ3n) is 5.18. The predicted molar refractivity (Wildman–Crippen MR) is 95.9 cm³/mol. The summed E-state index contributed by atoms with van der Waals surface area (Å²) in [7, 11) is 0. The number of rotatable bonds is 12. The molecule has 1 aliphatic rings. The first-order valence-electron chi connectivity index (χ1n) is 10.1. The molecule has 126 valence electrons. The average molecular weight is 296 g/mol. The number of nitrogens with one attached hydrogen (secondary N) is 1. The summed E-state index contributed by atoms with van der Waals surface area (Å²) in [6.45, 7) is 5.81. The third kappa shape index (κ3) is 10.3. The summed E-state index contributed by atoms with van der Waals surface area (Å²) >= 11 is 0. The fourth-order valence-corrected chi connectivity index (χ4v) is 3.82. The minimum absolute atomic E-state index is 0.805. The molecule has 0 heterocycles. The molecule has 21 heavy (non-hydrogen) atoms. The van der Waals surface area contributed by atoms with Crippen LogP contribution in [0.4, 0.5) is 0 Å². The average Bonchev–Trinajstić information content (AvgIpc) is 2.76. The fraction of sp³-hybridized carbons (Fsp3) is 1.00. The summed E-state index contributed by atoms with van der Waals surface area (Å²) in [5.74, 6) is 1.02. The van der Waals surface area contributed by atoms with E-state index in [1.807, 2.05) is 0 Å². The van der Waals surface area contributed by atoms with E-state index in [4.69, 9.17) is 0 Å². The number of hydrogen-bond donors (Lipinski definition) is 1. The van der Waals surface area contributed by atoms with Crippen LogP contribution in [0, 0.1) is 5.92 Å². The van der Waals surface area contributed by atoms with Crippen molar-refractivity contribution in [3.05, 3.63) is 0 Å². The molecule has 0 aromatic carbocycles. The molecule has 1 rings (SSSR count). The second-order valence-electron chi connectivity index (χ2n) is 7.30. The molecule has 0 amide bonds. The molecule has 1 heteroatoms. The maximum Gasteiger partial charge on any atom is 0.00696 e. The number of hydrogen-bond acceptors (Lipinski definition) is 1. The molecule has 0 radical (unpaired) electrons. The van der Waals surface area contributed by atoms with Crippen molar-refractivity contribution in [2.24, 2.45) is 5.92 Å². The Morgan fingerprint density at radius 3 is 2.14 bits per heavy atom. The molecule has 0 aromatic rings. The van der Waals surface area contributed by atoms with Gasteiger partial charge in [-0.1, -0.05) is 90.9 Å². The van der Waals surface area contributed by atoms with Gasteiger partial charge in [0.15, 0.2) is 0 Å². The van der Waals surface area contributed by atoms with Gasteiger partial charge in [0, 0.05) is 6.04 Å². The zero-order chi connectivity index (χ0) is 15.2. The summed E-state index contributed by atoms with van der Waals surface area (Å²) in [6, 6.07) is 0.805. The Balaban J connectivity index is 2.19. The van der Waals surface area contributed by atoms with Crippen molar-refractivity contribution in [1.82, 2.24) is 5.32 Å². The van der Waals surface area contributed by atoms with Crippen LogP contribution in [-0.4, -0.2) is 12.6 Å². The second kappa shape index (κ2) is 13.6. The van der Waals surface area contributed by atoms with Crippen LogP contribution < -0.4 is 5.32 Å². The predicted octanol–water partition coefficient (Wildman–Crippen LogP) is 6.47. The van der Waals surface area contributed by atoms with Gasteiger partial charge in [0.2, 0.25) is 0 Å². The Morgan fingerprint density at radius 1 is 0.810 bits per heavy atom. The minimum atomic E-state index is 0.805. The lowest BCUT2D eigenvalue weighted by atomic mass is 9.90. The minimum Gasteiger partial charge on any atom is -0.314 e. The van der Waals surface area contributed by atoms with Crippen LogP contribution in [0.5, 0.6) is 0 Å². The highest BCUT2D eigenvalue weighted by Crippen LogP contribution is 2.27. The highest BCUT2D eigenvalue weighted by Gasteiger charge is 2.17. The lowest BCUT2D eigenvalue weighted by Crippen LogP contribution is -2.31. The van der Waals surface area contributed by atoms with Crippen LogP contribution in [0.3, 0.4) is 0 Å². The molecule has 0 bridgehead atoms. The van der Waals surface area contributed by atoms with Crippen molar-refractivity contribution < 1.29 is 0 Å². The SMILES string of the molecule is CCCCCCCCC(CC1CCCCCC1)NCCC. The number of unbranched alkanes of at least 4 members (excludes halogenated alkanes) is 5. The van der Waals surface area contributed by atoms with Crippen LogP contribution in [0.25, 0.3) is 0 Å². The van der Waals surface area contributed by atoms with Gasteiger partial charge in [0.05, 0.1) is 0 Å². The molecule has 1 saturated carbocycles. The first kappa shape index (κ1) is 19.0. The summed E-state index contributed by atoms with van der Waals surface area (Å²) in [5, 5.41) is 3.84. The molecule has 0 aliphatic heterocycles. The molecule has 1 atom stereocenters. The van der Waals surface area contributed by atoms with Gasteiger partial charge < -0.3 is 5.32 Å². The Hall–Kier alpha value is -0.0400. The van der Waals surface area contributed by atoms with E-state index in [-0.39, 0.29) is 0 Å². The van der Waals surface area contributed by atoms with Gasteiger partial charge in [-0.15, -0.1) is 0 Å². The van der Waals surface area contributed by atoms with Crippen molar-refractivity contribution in [3.63, 3.8) is 0 Å². The van der Waals surface area contributed by atoms with E-state index in [2.05, 4.69) is 19.2 Å². The standard InChI is InChI=1S/C20H41N/c1-3-5-6-7-8-13-16-20(21-17-4-2)18-19-14-11-9-10-12-15-19/h19-21H,3-18H2,1-2H3. The lowest BCUT2D eigenvalue weighted by molar-refractivity contribution is 0.332. The summed E-state index contributed by atoms with van der Waals surface area (Å²) in [5.41, 5.74) is 0. The maximum atomic E-state index is 3.84. The molecule has 1 N–H and O–H groups in total. The van der Waals surface area contributed by atoms with Gasteiger partial charge in [0.25, 0.3) is 0 Å². The smallest absolute Gasteiger partial charge is 0.00696 e. The molecule has 0 aromatic heterocycles. The van der Waals surface area contributed by atoms with Gasteiger partial charge in [-0.25, -0.2) is 0 Å². The molecule has 1 nitrogen and oxygen atoms in total. The first-order valence-corrected chi connectivity index (χ1v) is 10.1. The van der Waals surface area contributed by atoms with E-state index in [0.717, 1.165) is 12.0 Å². The lowest BCUT2D eigenvalue weighted by Gasteiger charge is -2.24. The Morgan fingerprint density at radius 2 is 1.48 bits per heavy atom. The van der Waals surface area contributed by atoms with E-state index in [9.17, 15) is 0 Å². The molecule has 1 fully saturated rings. The molecule has 1 aliphatic carbocycles. The zero-order valence-electron chi connectivity index (χ0n) is 15.0. The quantitative estimate of drug-likeness (QED) is 0.321. The molecular formula is C20H41N. The van der Waals surface area contributed by atoms with E-state index >= 15 is 0 Å². The van der Waals surface area contributed by atoms with E-state index < -0.39 is 0 Å². The van der Waals surface area contributed by atoms with Gasteiger partial charge in [-0.2, -0.15) is 0 Å². The van der Waals surface area contributed by atoms with E-state index in [0.29, 0.717) is 0 Å². The van der Waals surface area contributed by atoms with Crippen molar-refractivity contribution in [3.8, 4) is 0 Å². The Bertz CT molecular complexity index is 206. The summed E-state index contributed by atoms with van der Waals surface area (Å²) in [6.07, 6.45) is 21.7. The van der Waals surface area contributed by atoms with Crippen LogP contribution >= 0.6 is 0 Å². The molecule has 0 spiro atoms. The maximum absolute atomic E-state index is 3.84. The van der Waals surface area contributed by atoms with Gasteiger partial charge in [-0.3, -0.25) is 0 Å². The topological polar surface area (TPSA) is 12.0 Å². The van der Waals surface area contributed by atoms with Gasteiger partial charge in [0.1, 0.15) is 0 Å². The highest BCUT2D eigenvalue weighted by atomic mass is 14.9. The molecule has 0 saturated heterocycles. The van der Waals surface area contributed by atoms with Crippen LogP contribution in [-0.2, 0) is 0 Å². The van der Waals surface area contributed by atoms with Crippen molar-refractivity contribution in [2.75, 3.05) is 6.54 Å². The molecular weight excluding hydrogens is 254 g/mol. The Labute approximate surface area is 134 Å². The second-order valence-corrected chi connectivity index (χ2v) is 7.30. The third-order valence-corrected chi connectivity index (χ3v) is 5.18. The molecule has 1 unspecified atom stereocenters. The van der Waals surface area contributed by atoms with Crippen LogP contribution in [0.2, 0.25) is 0 Å². The van der Waals surface area contributed by atoms with Gasteiger partial charge in [-0.05, 0) is 31.7 Å². The first-order chi connectivity index (χ1) is 10.4. The van der Waals surface area contributed by atoms with Crippen molar-refractivity contribution in [2.45, 2.75) is 116 Å². The monoisotopic (exact) mass is 295 g/mol. The van der Waals surface area contributed by atoms with Crippen LogP contribution in [0.1, 0.15) is 110 Å². The van der Waals surface area contributed by atoms with Crippen molar-refractivity contribution in [1.29, 1.82) is 0 Å². The largest absolute Gasteiger partial charge is 0.314 e.